The molecule has 0 bridgehead atoms. The lowest BCUT2D eigenvalue weighted by molar-refractivity contribution is 1.05. The largest absolute Gasteiger partial charge is 0.209 e. The van der Waals surface area contributed by atoms with Crippen molar-refractivity contribution in [2.75, 3.05) is 0 Å². The minimum absolute atomic E-state index is 1.05. The topological polar surface area (TPSA) is 17.8 Å². The van der Waals surface area contributed by atoms with Gasteiger partial charge in [-0.15, -0.1) is 0 Å². The number of hydrogen-bond donors (Lipinski definition) is 1. The molecule has 0 unspecified atom stereocenters. The maximum atomic E-state index is 4.14. The van der Waals surface area contributed by atoms with Crippen molar-refractivity contribution >= 4 is 23.7 Å². The molecule has 0 saturated carbocycles. The number of thiol groups is 1. The third kappa shape index (κ3) is 1.01. The lowest BCUT2D eigenvalue weighted by Gasteiger charge is -1.92. The zero-order chi connectivity index (χ0) is 7.84. The Labute approximate surface area is 70.4 Å². The molecule has 0 N–H and O–H groups in total. The minimum atomic E-state index is 1.05. The standard InChI is InChI=1S/C8H8N2S/c1-6-2-3-8-7(4-6)5-9-10(8)11/h2-5,11H,1H3. The quantitative estimate of drug-likeness (QED) is 0.590. The van der Waals surface area contributed by atoms with Crippen LogP contribution in [0.15, 0.2) is 24.4 Å². The summed E-state index contributed by atoms with van der Waals surface area (Å²) in [6.07, 6.45) is 1.81. The number of benzene rings is 1. The summed E-state index contributed by atoms with van der Waals surface area (Å²) in [4.78, 5) is 0. The van der Waals surface area contributed by atoms with Gasteiger partial charge in [0.1, 0.15) is 0 Å². The Morgan fingerprint density at radius 3 is 3.09 bits per heavy atom. The highest BCUT2D eigenvalue weighted by Gasteiger charge is 1.97. The van der Waals surface area contributed by atoms with Crippen LogP contribution in [-0.4, -0.2) is 9.19 Å². The Bertz CT molecular complexity index is 392. The Balaban J connectivity index is 2.86. The zero-order valence-electron chi connectivity index (χ0n) is 6.15. The average Bonchev–Trinajstić information content (AvgIpc) is 2.32. The second-order valence-corrected chi connectivity index (χ2v) is 2.98. The molecule has 0 atom stereocenters. The summed E-state index contributed by atoms with van der Waals surface area (Å²) in [6.45, 7) is 2.06. The first kappa shape index (κ1) is 6.73. The molecular formula is C8H8N2S. The molecule has 0 aliphatic heterocycles. The third-order valence-corrected chi connectivity index (χ3v) is 2.02. The van der Waals surface area contributed by atoms with Gasteiger partial charge in [0, 0.05) is 5.39 Å². The fourth-order valence-corrected chi connectivity index (χ4v) is 1.37. The maximum absolute atomic E-state index is 4.14. The van der Waals surface area contributed by atoms with Crippen LogP contribution in [0.25, 0.3) is 10.9 Å². The lowest BCUT2D eigenvalue weighted by atomic mass is 10.2. The van der Waals surface area contributed by atoms with E-state index >= 15 is 0 Å². The van der Waals surface area contributed by atoms with Crippen molar-refractivity contribution in [3.63, 3.8) is 0 Å². The molecule has 2 rings (SSSR count). The first-order valence-corrected chi connectivity index (χ1v) is 3.81. The van der Waals surface area contributed by atoms with E-state index < -0.39 is 0 Å². The van der Waals surface area contributed by atoms with Gasteiger partial charge < -0.3 is 0 Å². The molecule has 1 aromatic heterocycles. The van der Waals surface area contributed by atoms with E-state index in [-0.39, 0.29) is 0 Å². The molecule has 3 heteroatoms. The predicted molar refractivity (Wildman–Crippen MR) is 48.9 cm³/mol. The van der Waals surface area contributed by atoms with Gasteiger partial charge in [-0.3, -0.25) is 0 Å². The summed E-state index contributed by atoms with van der Waals surface area (Å²) in [7, 11) is 0. The number of aryl methyl sites for hydroxylation is 1. The third-order valence-electron chi connectivity index (χ3n) is 1.70. The van der Waals surface area contributed by atoms with Crippen molar-refractivity contribution in [3.05, 3.63) is 30.0 Å². The van der Waals surface area contributed by atoms with Crippen LogP contribution in [0.5, 0.6) is 0 Å². The minimum Gasteiger partial charge on any atom is -0.209 e. The Kier molecular flexibility index (Phi) is 1.39. The summed E-state index contributed by atoms with van der Waals surface area (Å²) < 4.78 is 1.58. The van der Waals surface area contributed by atoms with E-state index in [0.29, 0.717) is 0 Å². The second-order valence-electron chi connectivity index (χ2n) is 2.60. The first-order valence-electron chi connectivity index (χ1n) is 3.41. The Morgan fingerprint density at radius 1 is 1.45 bits per heavy atom. The molecule has 11 heavy (non-hydrogen) atoms. The highest BCUT2D eigenvalue weighted by molar-refractivity contribution is 7.78. The smallest absolute Gasteiger partial charge is 0.0808 e. The van der Waals surface area contributed by atoms with E-state index in [1.165, 1.54) is 5.56 Å². The van der Waals surface area contributed by atoms with Crippen molar-refractivity contribution in [2.45, 2.75) is 6.92 Å². The zero-order valence-corrected chi connectivity index (χ0v) is 7.05. The van der Waals surface area contributed by atoms with Gasteiger partial charge in [0.25, 0.3) is 0 Å². The highest BCUT2D eigenvalue weighted by atomic mass is 32.1. The molecule has 0 spiro atoms. The van der Waals surface area contributed by atoms with Crippen LogP contribution < -0.4 is 0 Å². The van der Waals surface area contributed by atoms with Crippen LogP contribution in [0.3, 0.4) is 0 Å². The molecule has 0 fully saturated rings. The molecule has 56 valence electrons. The van der Waals surface area contributed by atoms with Crippen LogP contribution >= 0.6 is 12.8 Å². The molecule has 1 heterocycles. The summed E-state index contributed by atoms with van der Waals surface area (Å²) >= 11 is 4.14. The van der Waals surface area contributed by atoms with Crippen molar-refractivity contribution in [2.24, 2.45) is 0 Å². The predicted octanol–water partition coefficient (Wildman–Crippen LogP) is 2.04. The summed E-state index contributed by atoms with van der Waals surface area (Å²) in [6, 6.07) is 6.16. The van der Waals surface area contributed by atoms with Gasteiger partial charge in [0.05, 0.1) is 11.7 Å². The number of fused-ring (bicyclic) bond motifs is 1. The van der Waals surface area contributed by atoms with Gasteiger partial charge in [0.15, 0.2) is 0 Å². The van der Waals surface area contributed by atoms with Crippen molar-refractivity contribution < 1.29 is 0 Å². The fraction of sp³-hybridized carbons (Fsp3) is 0.125. The number of rotatable bonds is 0. The monoisotopic (exact) mass is 164 g/mol. The van der Waals surface area contributed by atoms with Crippen molar-refractivity contribution in [3.8, 4) is 0 Å². The number of nitrogens with zero attached hydrogens (tertiary/aromatic N) is 2. The van der Waals surface area contributed by atoms with Crippen molar-refractivity contribution in [1.82, 2.24) is 9.19 Å². The van der Waals surface area contributed by atoms with Crippen LogP contribution in [0.2, 0.25) is 0 Å². The summed E-state index contributed by atoms with van der Waals surface area (Å²) in [5, 5.41) is 5.16. The second kappa shape index (κ2) is 2.27. The molecule has 0 saturated heterocycles. The molecular weight excluding hydrogens is 156 g/mol. The molecule has 2 nitrogen and oxygen atoms in total. The van der Waals surface area contributed by atoms with Crippen LogP contribution in [0.1, 0.15) is 5.56 Å². The van der Waals surface area contributed by atoms with Gasteiger partial charge in [-0.2, -0.15) is 5.10 Å². The van der Waals surface area contributed by atoms with E-state index in [0.717, 1.165) is 10.9 Å². The fourth-order valence-electron chi connectivity index (χ4n) is 1.14. The molecule has 1 aromatic carbocycles. The van der Waals surface area contributed by atoms with Gasteiger partial charge in [-0.1, -0.05) is 11.6 Å². The van der Waals surface area contributed by atoms with Gasteiger partial charge >= 0.3 is 0 Å². The number of aromatic nitrogens is 2. The molecule has 0 amide bonds. The highest BCUT2D eigenvalue weighted by Crippen LogP contribution is 2.15. The van der Waals surface area contributed by atoms with E-state index in [4.69, 9.17) is 0 Å². The molecule has 0 aliphatic carbocycles. The summed E-state index contributed by atoms with van der Waals surface area (Å²) in [5.41, 5.74) is 2.30. The average molecular weight is 164 g/mol. The van der Waals surface area contributed by atoms with Gasteiger partial charge in [-0.25, -0.2) is 4.09 Å². The Morgan fingerprint density at radius 2 is 2.27 bits per heavy atom. The summed E-state index contributed by atoms with van der Waals surface area (Å²) in [5.74, 6) is 0. The molecule has 0 radical (unpaired) electrons. The molecule has 0 aliphatic rings. The van der Waals surface area contributed by atoms with Crippen molar-refractivity contribution in [1.29, 1.82) is 0 Å². The maximum Gasteiger partial charge on any atom is 0.0808 e. The normalized spacial score (nSPS) is 10.7. The van der Waals surface area contributed by atoms with Gasteiger partial charge in [-0.05, 0) is 31.9 Å². The lowest BCUT2D eigenvalue weighted by Crippen LogP contribution is -1.80. The van der Waals surface area contributed by atoms with E-state index in [9.17, 15) is 0 Å². The number of hydrogen-bond acceptors (Lipinski definition) is 2. The van der Waals surface area contributed by atoms with E-state index in [2.05, 4.69) is 37.0 Å². The Hall–Kier alpha value is -0.960. The van der Waals surface area contributed by atoms with Crippen LogP contribution in [0, 0.1) is 6.92 Å². The van der Waals surface area contributed by atoms with Gasteiger partial charge in [0.2, 0.25) is 0 Å². The van der Waals surface area contributed by atoms with Crippen LogP contribution in [0.4, 0.5) is 0 Å². The van der Waals surface area contributed by atoms with E-state index in [1.54, 1.807) is 4.09 Å². The first-order chi connectivity index (χ1) is 5.27. The van der Waals surface area contributed by atoms with E-state index in [1.807, 2.05) is 12.3 Å². The molecule has 2 aromatic rings. The SMILES string of the molecule is Cc1ccc2c(cnn2S)c1. The van der Waals surface area contributed by atoms with Crippen LogP contribution in [-0.2, 0) is 0 Å².